The fourth-order valence-electron chi connectivity index (χ4n) is 3.58. The van der Waals surface area contributed by atoms with E-state index >= 15 is 0 Å². The number of fused-ring (bicyclic) bond motifs is 1. The van der Waals surface area contributed by atoms with Gasteiger partial charge >= 0.3 is 0 Å². The minimum atomic E-state index is 0.182. The third-order valence-electron chi connectivity index (χ3n) is 4.92. The molecule has 0 radical (unpaired) electrons. The number of amides is 1. The van der Waals surface area contributed by atoms with Crippen LogP contribution in [-0.4, -0.2) is 12.5 Å². The maximum absolute atomic E-state index is 12.2. The summed E-state index contributed by atoms with van der Waals surface area (Å²) in [6.45, 7) is 2.89. The summed E-state index contributed by atoms with van der Waals surface area (Å²) < 4.78 is 0. The first-order valence-electron chi connectivity index (χ1n) is 8.29. The molecule has 2 atom stereocenters. The van der Waals surface area contributed by atoms with Gasteiger partial charge < -0.3 is 5.32 Å². The highest BCUT2D eigenvalue weighted by Crippen LogP contribution is 2.43. The second-order valence-electron chi connectivity index (χ2n) is 6.52. The molecule has 3 rings (SSSR count). The topological polar surface area (TPSA) is 29.1 Å². The normalized spacial score (nSPS) is 23.8. The molecule has 0 heterocycles. The van der Waals surface area contributed by atoms with Crippen molar-refractivity contribution in [3.05, 3.63) is 47.0 Å². The van der Waals surface area contributed by atoms with Crippen LogP contribution in [0.4, 0.5) is 0 Å². The molecule has 1 N–H and O–H groups in total. The number of hydrogen-bond acceptors (Lipinski definition) is 1. The average molecular weight is 283 g/mol. The molecule has 2 nitrogen and oxygen atoms in total. The van der Waals surface area contributed by atoms with Crippen molar-refractivity contribution in [3.63, 3.8) is 0 Å². The molecule has 0 saturated heterocycles. The Labute approximate surface area is 127 Å². The first-order valence-corrected chi connectivity index (χ1v) is 8.29. The predicted octanol–water partition coefficient (Wildman–Crippen LogP) is 3.79. The van der Waals surface area contributed by atoms with Crippen LogP contribution in [0.25, 0.3) is 0 Å². The molecule has 1 saturated carbocycles. The van der Waals surface area contributed by atoms with Gasteiger partial charge in [-0.05, 0) is 50.0 Å². The molecule has 1 amide bonds. The molecule has 2 heteroatoms. The molecule has 2 aliphatic rings. The fourth-order valence-corrected chi connectivity index (χ4v) is 3.58. The molecule has 2 aliphatic carbocycles. The Morgan fingerprint density at radius 1 is 1.19 bits per heavy atom. The van der Waals surface area contributed by atoms with Crippen molar-refractivity contribution >= 4 is 5.91 Å². The lowest BCUT2D eigenvalue weighted by atomic mass is 9.66. The van der Waals surface area contributed by atoms with Crippen LogP contribution in [0.5, 0.6) is 0 Å². The van der Waals surface area contributed by atoms with Gasteiger partial charge in [0.25, 0.3) is 0 Å². The molecule has 1 aromatic carbocycles. The zero-order valence-electron chi connectivity index (χ0n) is 12.9. The van der Waals surface area contributed by atoms with Gasteiger partial charge in [-0.2, -0.15) is 0 Å². The third kappa shape index (κ3) is 3.37. The molecule has 1 fully saturated rings. The lowest BCUT2D eigenvalue weighted by Crippen LogP contribution is -2.38. The van der Waals surface area contributed by atoms with Gasteiger partial charge in [-0.3, -0.25) is 4.79 Å². The van der Waals surface area contributed by atoms with E-state index in [4.69, 9.17) is 0 Å². The second kappa shape index (κ2) is 6.46. The van der Waals surface area contributed by atoms with Crippen molar-refractivity contribution in [2.24, 2.45) is 11.8 Å². The predicted molar refractivity (Wildman–Crippen MR) is 86.0 cm³/mol. The number of aryl methyl sites for hydroxylation is 2. The van der Waals surface area contributed by atoms with Crippen molar-refractivity contribution in [2.45, 2.75) is 45.4 Å². The lowest BCUT2D eigenvalue weighted by Gasteiger charge is -2.38. The zero-order chi connectivity index (χ0) is 14.7. The van der Waals surface area contributed by atoms with Gasteiger partial charge in [0, 0.05) is 12.1 Å². The van der Waals surface area contributed by atoms with Crippen molar-refractivity contribution in [2.75, 3.05) is 6.54 Å². The first-order chi connectivity index (χ1) is 10.2. The Hall–Kier alpha value is -1.57. The van der Waals surface area contributed by atoms with Crippen molar-refractivity contribution in [3.8, 4) is 0 Å². The van der Waals surface area contributed by atoms with E-state index in [9.17, 15) is 4.79 Å². The summed E-state index contributed by atoms with van der Waals surface area (Å²) in [5, 5.41) is 3.09. The van der Waals surface area contributed by atoms with Gasteiger partial charge in [0.05, 0.1) is 0 Å². The van der Waals surface area contributed by atoms with Crippen LogP contribution in [-0.2, 0) is 11.2 Å². The summed E-state index contributed by atoms with van der Waals surface area (Å²) in [5.74, 6) is 1.45. The van der Waals surface area contributed by atoms with Gasteiger partial charge in [0.1, 0.15) is 0 Å². The maximum Gasteiger partial charge on any atom is 0.247 e. The number of hydrogen-bond donors (Lipinski definition) is 1. The summed E-state index contributed by atoms with van der Waals surface area (Å²) in [6.07, 6.45) is 9.38. The number of rotatable bonds is 5. The fraction of sp³-hybridized carbons (Fsp3) is 0.526. The smallest absolute Gasteiger partial charge is 0.247 e. The summed E-state index contributed by atoms with van der Waals surface area (Å²) in [4.78, 5) is 12.2. The lowest BCUT2D eigenvalue weighted by molar-refractivity contribution is -0.118. The van der Waals surface area contributed by atoms with Gasteiger partial charge in [-0.25, -0.2) is 0 Å². The number of allylic oxidation sites excluding steroid dienone is 1. The van der Waals surface area contributed by atoms with Crippen LogP contribution >= 0.6 is 0 Å². The molecule has 0 aromatic heterocycles. The van der Waals surface area contributed by atoms with E-state index in [0.29, 0.717) is 11.8 Å². The molecule has 1 aromatic rings. The van der Waals surface area contributed by atoms with Crippen molar-refractivity contribution in [1.29, 1.82) is 0 Å². The van der Waals surface area contributed by atoms with Crippen LogP contribution in [0.15, 0.2) is 35.9 Å². The van der Waals surface area contributed by atoms with E-state index < -0.39 is 0 Å². The van der Waals surface area contributed by atoms with Crippen molar-refractivity contribution in [1.82, 2.24) is 5.32 Å². The summed E-state index contributed by atoms with van der Waals surface area (Å²) >= 11 is 0. The molecular formula is C19H25NO. The number of carbonyl (C=O) groups is 1. The summed E-state index contributed by atoms with van der Waals surface area (Å²) in [6, 6.07) is 8.66. The van der Waals surface area contributed by atoms with Crippen LogP contribution in [0.2, 0.25) is 0 Å². The second-order valence-corrected chi connectivity index (χ2v) is 6.52. The molecule has 21 heavy (non-hydrogen) atoms. The monoisotopic (exact) mass is 283 g/mol. The Balaban J connectivity index is 1.39. The third-order valence-corrected chi connectivity index (χ3v) is 4.92. The summed E-state index contributed by atoms with van der Waals surface area (Å²) in [5.41, 5.74) is 3.71. The average Bonchev–Trinajstić information content (AvgIpc) is 2.47. The van der Waals surface area contributed by atoms with Gasteiger partial charge in [0.15, 0.2) is 0 Å². The molecule has 0 spiro atoms. The maximum atomic E-state index is 12.2. The van der Waals surface area contributed by atoms with Crippen molar-refractivity contribution < 1.29 is 4.79 Å². The van der Waals surface area contributed by atoms with Crippen LogP contribution in [0.3, 0.4) is 0 Å². The highest BCUT2D eigenvalue weighted by molar-refractivity contribution is 5.95. The molecule has 2 unspecified atom stereocenters. The Morgan fingerprint density at radius 3 is 2.71 bits per heavy atom. The Kier molecular flexibility index (Phi) is 4.42. The molecule has 0 bridgehead atoms. The number of nitrogens with one attached hydrogen (secondary N) is 1. The van der Waals surface area contributed by atoms with E-state index in [1.165, 1.54) is 36.8 Å². The quantitative estimate of drug-likeness (QED) is 0.818. The van der Waals surface area contributed by atoms with Gasteiger partial charge in [-0.1, -0.05) is 48.7 Å². The van der Waals surface area contributed by atoms with Gasteiger partial charge in [-0.15, -0.1) is 0 Å². The van der Waals surface area contributed by atoms with Crippen LogP contribution in [0, 0.1) is 18.8 Å². The molecule has 0 aliphatic heterocycles. The van der Waals surface area contributed by atoms with Crippen LogP contribution < -0.4 is 5.32 Å². The zero-order valence-corrected chi connectivity index (χ0v) is 12.9. The number of carbonyl (C=O) groups excluding carboxylic acids is 1. The Bertz CT molecular complexity index is 529. The summed E-state index contributed by atoms with van der Waals surface area (Å²) in [7, 11) is 0. The number of benzene rings is 1. The van der Waals surface area contributed by atoms with E-state index in [1.807, 2.05) is 0 Å². The van der Waals surface area contributed by atoms with Crippen LogP contribution in [0.1, 0.15) is 43.2 Å². The minimum absolute atomic E-state index is 0.182. The van der Waals surface area contributed by atoms with E-state index in [0.717, 1.165) is 25.0 Å². The molecular weight excluding hydrogens is 258 g/mol. The SMILES string of the molecule is Cc1ccc(CCCNC(=O)C2=CC3CCCCC23)cc1. The van der Waals surface area contributed by atoms with E-state index in [2.05, 4.69) is 42.6 Å². The largest absolute Gasteiger partial charge is 0.352 e. The molecule has 112 valence electrons. The minimum Gasteiger partial charge on any atom is -0.352 e. The first kappa shape index (κ1) is 14.4. The van der Waals surface area contributed by atoms with E-state index in [1.54, 1.807) is 0 Å². The van der Waals surface area contributed by atoms with E-state index in [-0.39, 0.29) is 5.91 Å². The van der Waals surface area contributed by atoms with Gasteiger partial charge in [0.2, 0.25) is 5.91 Å². The highest BCUT2D eigenvalue weighted by atomic mass is 16.1. The Morgan fingerprint density at radius 2 is 1.95 bits per heavy atom. The highest BCUT2D eigenvalue weighted by Gasteiger charge is 2.37. The standard InChI is InChI=1S/C19H25NO/c1-14-8-10-15(11-9-14)5-4-12-20-19(21)18-13-16-6-2-3-7-17(16)18/h8-11,13,16-17H,2-7,12H2,1H3,(H,20,21).